The lowest BCUT2D eigenvalue weighted by molar-refractivity contribution is -0.120. The third-order valence-electron chi connectivity index (χ3n) is 3.91. The molecule has 1 aromatic heterocycles. The Bertz CT molecular complexity index is 654. The molecule has 0 spiro atoms. The van der Waals surface area contributed by atoms with Gasteiger partial charge in [-0.25, -0.2) is 0 Å². The summed E-state index contributed by atoms with van der Waals surface area (Å²) < 4.78 is 3.73. The first-order valence-corrected chi connectivity index (χ1v) is 8.51. The molecule has 0 bridgehead atoms. The normalized spacial score (nSPS) is 14.6. The lowest BCUT2D eigenvalue weighted by atomic mass is 10.2. The maximum Gasteiger partial charge on any atom is 0.280 e. The van der Waals surface area contributed by atoms with Crippen molar-refractivity contribution in [2.75, 3.05) is 11.4 Å². The molecule has 23 heavy (non-hydrogen) atoms. The Kier molecular flexibility index (Phi) is 4.97. The van der Waals surface area contributed by atoms with Crippen LogP contribution in [0, 0.1) is 0 Å². The Morgan fingerprint density at radius 3 is 2.61 bits per heavy atom. The second kappa shape index (κ2) is 7.32. The van der Waals surface area contributed by atoms with E-state index in [1.807, 2.05) is 18.2 Å². The van der Waals surface area contributed by atoms with E-state index in [-0.39, 0.29) is 30.1 Å². The molecule has 0 atom stereocenters. The summed E-state index contributed by atoms with van der Waals surface area (Å²) in [5.74, 6) is -0.455. The Balaban J connectivity index is 1.75. The molecule has 0 unspecified atom stereocenters. The summed E-state index contributed by atoms with van der Waals surface area (Å²) in [6.45, 7) is -0.0170. The van der Waals surface area contributed by atoms with Crippen molar-refractivity contribution >= 4 is 29.0 Å². The fraction of sp³-hybridized carbons (Fsp3) is 0.375. The van der Waals surface area contributed by atoms with Crippen molar-refractivity contribution in [3.05, 3.63) is 41.4 Å². The van der Waals surface area contributed by atoms with Gasteiger partial charge in [-0.2, -0.15) is 0 Å². The van der Waals surface area contributed by atoms with Gasteiger partial charge in [-0.3, -0.25) is 14.5 Å². The molecular weight excluding hydrogens is 312 g/mol. The SMILES string of the molecule is O=C(CN(C(=O)c1csnn1)c1ccccc1)NC1CCCC1. The first kappa shape index (κ1) is 15.6. The van der Waals surface area contributed by atoms with Crippen molar-refractivity contribution < 1.29 is 9.59 Å². The van der Waals surface area contributed by atoms with E-state index in [0.29, 0.717) is 5.69 Å². The quantitative estimate of drug-likeness (QED) is 0.912. The number of nitrogens with zero attached hydrogens (tertiary/aromatic N) is 3. The van der Waals surface area contributed by atoms with Crippen LogP contribution in [-0.2, 0) is 4.79 Å². The summed E-state index contributed by atoms with van der Waals surface area (Å²) in [4.78, 5) is 26.4. The third kappa shape index (κ3) is 3.92. The van der Waals surface area contributed by atoms with Gasteiger partial charge in [-0.1, -0.05) is 35.5 Å². The summed E-state index contributed by atoms with van der Waals surface area (Å²) in [5, 5.41) is 8.42. The van der Waals surface area contributed by atoms with Gasteiger partial charge in [0.15, 0.2) is 5.69 Å². The van der Waals surface area contributed by atoms with Crippen LogP contribution in [0.2, 0.25) is 0 Å². The third-order valence-corrected chi connectivity index (χ3v) is 4.42. The fourth-order valence-electron chi connectivity index (χ4n) is 2.77. The predicted molar refractivity (Wildman–Crippen MR) is 88.4 cm³/mol. The van der Waals surface area contributed by atoms with Crippen LogP contribution in [0.25, 0.3) is 0 Å². The highest BCUT2D eigenvalue weighted by atomic mass is 32.1. The zero-order valence-corrected chi connectivity index (χ0v) is 13.5. The summed E-state index contributed by atoms with van der Waals surface area (Å²) >= 11 is 1.12. The highest BCUT2D eigenvalue weighted by Gasteiger charge is 2.24. The van der Waals surface area contributed by atoms with E-state index in [1.54, 1.807) is 17.5 Å². The highest BCUT2D eigenvalue weighted by molar-refractivity contribution is 7.03. The molecule has 0 saturated heterocycles. The molecule has 1 aromatic carbocycles. The molecule has 3 rings (SSSR count). The molecule has 6 nitrogen and oxygen atoms in total. The average Bonchev–Trinajstić information content (AvgIpc) is 3.26. The van der Waals surface area contributed by atoms with Gasteiger partial charge in [-0.15, -0.1) is 5.10 Å². The van der Waals surface area contributed by atoms with Crippen LogP contribution >= 0.6 is 11.5 Å². The van der Waals surface area contributed by atoms with Crippen molar-refractivity contribution in [3.63, 3.8) is 0 Å². The molecule has 7 heteroatoms. The largest absolute Gasteiger partial charge is 0.352 e. The van der Waals surface area contributed by atoms with Crippen molar-refractivity contribution in [3.8, 4) is 0 Å². The van der Waals surface area contributed by atoms with Crippen LogP contribution in [0.5, 0.6) is 0 Å². The standard InChI is InChI=1S/C16H18N4O2S/c21-15(17-12-6-4-5-7-12)10-20(13-8-2-1-3-9-13)16(22)14-11-23-19-18-14/h1-3,8-9,11-12H,4-7,10H2,(H,17,21). The molecule has 2 amide bonds. The fourth-order valence-corrected chi connectivity index (χ4v) is 3.20. The molecule has 1 saturated carbocycles. The van der Waals surface area contributed by atoms with Crippen molar-refractivity contribution in [1.82, 2.24) is 14.9 Å². The van der Waals surface area contributed by atoms with E-state index >= 15 is 0 Å². The van der Waals surface area contributed by atoms with Crippen LogP contribution in [0.3, 0.4) is 0 Å². The van der Waals surface area contributed by atoms with E-state index in [4.69, 9.17) is 0 Å². The number of hydrogen-bond acceptors (Lipinski definition) is 5. The molecule has 1 aliphatic rings. The van der Waals surface area contributed by atoms with E-state index in [1.165, 1.54) is 4.90 Å². The number of hydrogen-bond donors (Lipinski definition) is 1. The second-order valence-corrected chi connectivity index (χ2v) is 6.18. The summed E-state index contributed by atoms with van der Waals surface area (Å²) in [5.41, 5.74) is 0.930. The smallest absolute Gasteiger partial charge is 0.280 e. The Labute approximate surface area is 138 Å². The van der Waals surface area contributed by atoms with Crippen LogP contribution in [0.1, 0.15) is 36.2 Å². The van der Waals surface area contributed by atoms with E-state index in [9.17, 15) is 9.59 Å². The second-order valence-electron chi connectivity index (χ2n) is 5.57. The van der Waals surface area contributed by atoms with Gasteiger partial charge in [0, 0.05) is 17.1 Å². The highest BCUT2D eigenvalue weighted by Crippen LogP contribution is 2.19. The number of para-hydroxylation sites is 1. The van der Waals surface area contributed by atoms with E-state index < -0.39 is 0 Å². The Morgan fingerprint density at radius 2 is 1.96 bits per heavy atom. The number of aromatic nitrogens is 2. The van der Waals surface area contributed by atoms with Crippen molar-refractivity contribution in [1.29, 1.82) is 0 Å². The van der Waals surface area contributed by atoms with Gasteiger partial charge in [0.25, 0.3) is 5.91 Å². The van der Waals surface area contributed by atoms with E-state index in [0.717, 1.165) is 37.2 Å². The van der Waals surface area contributed by atoms with Crippen LogP contribution < -0.4 is 10.2 Å². The minimum atomic E-state index is -0.313. The molecule has 1 N–H and O–H groups in total. The molecule has 120 valence electrons. The van der Waals surface area contributed by atoms with Crippen LogP contribution in [0.15, 0.2) is 35.7 Å². The molecule has 1 heterocycles. The number of carbonyl (C=O) groups excluding carboxylic acids is 2. The Hall–Kier alpha value is -2.28. The number of nitrogens with one attached hydrogen (secondary N) is 1. The minimum Gasteiger partial charge on any atom is -0.352 e. The van der Waals surface area contributed by atoms with Gasteiger partial charge >= 0.3 is 0 Å². The Morgan fingerprint density at radius 1 is 1.22 bits per heavy atom. The van der Waals surface area contributed by atoms with Gasteiger partial charge in [-0.05, 0) is 36.5 Å². The summed E-state index contributed by atoms with van der Waals surface area (Å²) in [6, 6.07) is 9.39. The first-order valence-electron chi connectivity index (χ1n) is 7.67. The molecule has 1 aliphatic carbocycles. The average molecular weight is 330 g/mol. The molecule has 1 fully saturated rings. The number of anilines is 1. The number of amides is 2. The summed E-state index contributed by atoms with van der Waals surface area (Å²) in [7, 11) is 0. The maximum atomic E-state index is 12.6. The lowest BCUT2D eigenvalue weighted by Gasteiger charge is -2.22. The van der Waals surface area contributed by atoms with Crippen molar-refractivity contribution in [2.24, 2.45) is 0 Å². The zero-order chi connectivity index (χ0) is 16.1. The predicted octanol–water partition coefficient (Wildman–Crippen LogP) is 2.24. The molecular formula is C16H18N4O2S. The zero-order valence-electron chi connectivity index (χ0n) is 12.6. The maximum absolute atomic E-state index is 12.6. The number of rotatable bonds is 5. The van der Waals surface area contributed by atoms with Gasteiger partial charge in [0.1, 0.15) is 6.54 Å². The van der Waals surface area contributed by atoms with Crippen LogP contribution in [-0.4, -0.2) is 34.0 Å². The number of carbonyl (C=O) groups is 2. The monoisotopic (exact) mass is 330 g/mol. The minimum absolute atomic E-state index is 0.0170. The van der Waals surface area contributed by atoms with Crippen LogP contribution in [0.4, 0.5) is 5.69 Å². The first-order chi connectivity index (χ1) is 11.2. The molecule has 2 aromatic rings. The van der Waals surface area contributed by atoms with Gasteiger partial charge < -0.3 is 5.32 Å². The molecule has 0 radical (unpaired) electrons. The van der Waals surface area contributed by atoms with E-state index in [2.05, 4.69) is 14.9 Å². The van der Waals surface area contributed by atoms with Gasteiger partial charge in [0.2, 0.25) is 5.91 Å². The topological polar surface area (TPSA) is 75.2 Å². The number of benzene rings is 1. The summed E-state index contributed by atoms with van der Waals surface area (Å²) in [6.07, 6.45) is 4.33. The lowest BCUT2D eigenvalue weighted by Crippen LogP contribution is -2.43. The van der Waals surface area contributed by atoms with Crippen molar-refractivity contribution in [2.45, 2.75) is 31.7 Å². The van der Waals surface area contributed by atoms with Gasteiger partial charge in [0.05, 0.1) is 0 Å². The molecule has 0 aliphatic heterocycles.